The third kappa shape index (κ3) is 4.93. The maximum absolute atomic E-state index is 13.1. The van der Waals surface area contributed by atoms with E-state index in [9.17, 15) is 9.59 Å². The lowest BCUT2D eigenvalue weighted by molar-refractivity contribution is 0.0766. The zero-order chi connectivity index (χ0) is 21.6. The highest BCUT2D eigenvalue weighted by molar-refractivity contribution is 7.12. The molecule has 0 aliphatic carbocycles. The predicted molar refractivity (Wildman–Crippen MR) is 123 cm³/mol. The molecule has 3 aromatic rings. The number of amides is 2. The van der Waals surface area contributed by atoms with Crippen molar-refractivity contribution in [2.24, 2.45) is 0 Å². The summed E-state index contributed by atoms with van der Waals surface area (Å²) in [5.41, 5.74) is 2.88. The minimum Gasteiger partial charge on any atom is -0.370 e. The third-order valence-electron chi connectivity index (χ3n) is 5.26. The summed E-state index contributed by atoms with van der Waals surface area (Å²) >= 11 is 1.38. The molecular weight excluding hydrogens is 408 g/mol. The Balaban J connectivity index is 1.41. The number of hydrogen-bond acceptors (Lipinski definition) is 5. The minimum absolute atomic E-state index is 0.0334. The van der Waals surface area contributed by atoms with Gasteiger partial charge < -0.3 is 15.1 Å². The van der Waals surface area contributed by atoms with Crippen molar-refractivity contribution in [1.82, 2.24) is 4.90 Å². The second kappa shape index (κ2) is 9.45. The van der Waals surface area contributed by atoms with Gasteiger partial charge in [0.1, 0.15) is 0 Å². The van der Waals surface area contributed by atoms with Crippen LogP contribution in [0, 0.1) is 11.3 Å². The third-order valence-corrected chi connectivity index (χ3v) is 6.13. The van der Waals surface area contributed by atoms with Crippen LogP contribution in [-0.4, -0.2) is 42.9 Å². The second-order valence-electron chi connectivity index (χ2n) is 7.30. The van der Waals surface area contributed by atoms with Gasteiger partial charge >= 0.3 is 0 Å². The predicted octanol–water partition coefficient (Wildman–Crippen LogP) is 4.22. The first kappa shape index (κ1) is 20.6. The summed E-state index contributed by atoms with van der Waals surface area (Å²) < 4.78 is 0. The molecule has 7 heteroatoms. The summed E-state index contributed by atoms with van der Waals surface area (Å²) in [6.45, 7) is 2.88. The van der Waals surface area contributed by atoms with Crippen molar-refractivity contribution in [2.75, 3.05) is 36.4 Å². The fourth-order valence-corrected chi connectivity index (χ4v) is 4.26. The number of carbonyl (C=O) groups is 2. The Kier molecular flexibility index (Phi) is 6.29. The Morgan fingerprint density at radius 2 is 1.81 bits per heavy atom. The van der Waals surface area contributed by atoms with Crippen LogP contribution in [0.4, 0.5) is 11.4 Å². The van der Waals surface area contributed by atoms with Gasteiger partial charge in [-0.2, -0.15) is 5.26 Å². The van der Waals surface area contributed by atoms with E-state index in [0.717, 1.165) is 25.2 Å². The fraction of sp³-hybridized carbons (Fsp3) is 0.208. The first-order chi connectivity index (χ1) is 15.1. The van der Waals surface area contributed by atoms with Crippen molar-refractivity contribution in [3.63, 3.8) is 0 Å². The zero-order valence-electron chi connectivity index (χ0n) is 17.0. The molecule has 156 valence electrons. The van der Waals surface area contributed by atoms with E-state index in [-0.39, 0.29) is 11.8 Å². The molecule has 0 atom stereocenters. The molecule has 0 bridgehead atoms. The summed E-state index contributed by atoms with van der Waals surface area (Å²) in [7, 11) is 0. The average Bonchev–Trinajstić information content (AvgIpc) is 3.24. The number of nitriles is 1. The van der Waals surface area contributed by atoms with E-state index in [1.165, 1.54) is 11.3 Å². The highest BCUT2D eigenvalue weighted by atomic mass is 32.1. The van der Waals surface area contributed by atoms with Gasteiger partial charge in [0.15, 0.2) is 0 Å². The van der Waals surface area contributed by atoms with E-state index in [4.69, 9.17) is 5.26 Å². The van der Waals surface area contributed by atoms with Gasteiger partial charge in [0.25, 0.3) is 11.8 Å². The standard InChI is InChI=1S/C24H22N4O2S/c25-17-18-7-9-21(10-8-18)27-11-3-12-28(14-13-27)24(30)19-4-1-5-20(16-19)26-23(29)22-6-2-15-31-22/h1-2,4-10,15-16H,3,11-14H2,(H,26,29). The summed E-state index contributed by atoms with van der Waals surface area (Å²) in [5, 5.41) is 13.7. The van der Waals surface area contributed by atoms with Gasteiger partial charge in [0, 0.05) is 43.1 Å². The Hall–Kier alpha value is -3.63. The molecule has 6 nitrogen and oxygen atoms in total. The summed E-state index contributed by atoms with van der Waals surface area (Å²) in [6, 6.07) is 20.4. The molecule has 1 N–H and O–H groups in total. The number of anilines is 2. The van der Waals surface area contributed by atoms with Crippen LogP contribution in [0.2, 0.25) is 0 Å². The van der Waals surface area contributed by atoms with E-state index in [2.05, 4.69) is 16.3 Å². The molecule has 0 saturated carbocycles. The van der Waals surface area contributed by atoms with E-state index in [0.29, 0.717) is 34.8 Å². The highest BCUT2D eigenvalue weighted by Gasteiger charge is 2.21. The van der Waals surface area contributed by atoms with Gasteiger partial charge in [-0.25, -0.2) is 0 Å². The first-order valence-corrected chi connectivity index (χ1v) is 11.0. The van der Waals surface area contributed by atoms with Crippen LogP contribution in [0.1, 0.15) is 32.0 Å². The van der Waals surface area contributed by atoms with Crippen LogP contribution in [-0.2, 0) is 0 Å². The van der Waals surface area contributed by atoms with Crippen molar-refractivity contribution in [3.8, 4) is 6.07 Å². The van der Waals surface area contributed by atoms with Crippen molar-refractivity contribution in [1.29, 1.82) is 5.26 Å². The maximum Gasteiger partial charge on any atom is 0.265 e. The van der Waals surface area contributed by atoms with Crippen LogP contribution in [0.3, 0.4) is 0 Å². The van der Waals surface area contributed by atoms with E-state index in [1.807, 2.05) is 40.6 Å². The lowest BCUT2D eigenvalue weighted by atomic mass is 10.1. The fourth-order valence-electron chi connectivity index (χ4n) is 3.64. The van der Waals surface area contributed by atoms with E-state index < -0.39 is 0 Å². The number of carbonyl (C=O) groups excluding carboxylic acids is 2. The quantitative estimate of drug-likeness (QED) is 0.672. The second-order valence-corrected chi connectivity index (χ2v) is 8.25. The largest absolute Gasteiger partial charge is 0.370 e. The van der Waals surface area contributed by atoms with E-state index >= 15 is 0 Å². The van der Waals surface area contributed by atoms with Crippen LogP contribution < -0.4 is 10.2 Å². The molecular formula is C24H22N4O2S. The molecule has 1 saturated heterocycles. The van der Waals surface area contributed by atoms with Crippen molar-refractivity contribution < 1.29 is 9.59 Å². The number of benzene rings is 2. The Morgan fingerprint density at radius 1 is 0.968 bits per heavy atom. The Labute approximate surface area is 185 Å². The minimum atomic E-state index is -0.174. The van der Waals surface area contributed by atoms with Gasteiger partial charge in [-0.15, -0.1) is 11.3 Å². The van der Waals surface area contributed by atoms with Gasteiger partial charge in [0.2, 0.25) is 0 Å². The molecule has 0 unspecified atom stereocenters. The van der Waals surface area contributed by atoms with Crippen molar-refractivity contribution in [3.05, 3.63) is 82.0 Å². The summed E-state index contributed by atoms with van der Waals surface area (Å²) in [6.07, 6.45) is 0.862. The number of thiophene rings is 1. The molecule has 1 fully saturated rings. The van der Waals surface area contributed by atoms with Gasteiger partial charge in [-0.1, -0.05) is 12.1 Å². The zero-order valence-corrected chi connectivity index (χ0v) is 17.8. The number of hydrogen-bond donors (Lipinski definition) is 1. The Bertz CT molecular complexity index is 1100. The molecule has 2 aromatic carbocycles. The van der Waals surface area contributed by atoms with Crippen LogP contribution in [0.15, 0.2) is 66.0 Å². The monoisotopic (exact) mass is 430 g/mol. The van der Waals surface area contributed by atoms with Crippen LogP contribution in [0.25, 0.3) is 0 Å². The lowest BCUT2D eigenvalue weighted by Crippen LogP contribution is -2.35. The lowest BCUT2D eigenvalue weighted by Gasteiger charge is -2.24. The molecule has 1 aromatic heterocycles. The smallest absolute Gasteiger partial charge is 0.265 e. The normalized spacial score (nSPS) is 13.9. The molecule has 4 rings (SSSR count). The first-order valence-electron chi connectivity index (χ1n) is 10.1. The van der Waals surface area contributed by atoms with Gasteiger partial charge in [-0.05, 0) is 60.3 Å². The summed E-state index contributed by atoms with van der Waals surface area (Å²) in [4.78, 5) is 30.1. The SMILES string of the molecule is N#Cc1ccc(N2CCCN(C(=O)c3cccc(NC(=O)c4cccs4)c3)CC2)cc1. The molecule has 1 aliphatic heterocycles. The molecule has 0 spiro atoms. The average molecular weight is 431 g/mol. The van der Waals surface area contributed by atoms with Crippen molar-refractivity contribution in [2.45, 2.75) is 6.42 Å². The van der Waals surface area contributed by atoms with Gasteiger partial charge in [-0.3, -0.25) is 9.59 Å². The molecule has 0 radical (unpaired) electrons. The number of nitrogens with one attached hydrogen (secondary N) is 1. The topological polar surface area (TPSA) is 76.4 Å². The van der Waals surface area contributed by atoms with Crippen LogP contribution >= 0.6 is 11.3 Å². The van der Waals surface area contributed by atoms with Crippen molar-refractivity contribution >= 4 is 34.5 Å². The molecule has 2 amide bonds. The van der Waals surface area contributed by atoms with Crippen LogP contribution in [0.5, 0.6) is 0 Å². The number of nitrogens with zero attached hydrogens (tertiary/aromatic N) is 3. The molecule has 1 aliphatic rings. The molecule has 2 heterocycles. The highest BCUT2D eigenvalue weighted by Crippen LogP contribution is 2.20. The maximum atomic E-state index is 13.1. The summed E-state index contributed by atoms with van der Waals surface area (Å²) in [5.74, 6) is -0.207. The Morgan fingerprint density at radius 3 is 2.55 bits per heavy atom. The molecule has 31 heavy (non-hydrogen) atoms. The number of rotatable bonds is 4. The van der Waals surface area contributed by atoms with Gasteiger partial charge in [0.05, 0.1) is 16.5 Å². The van der Waals surface area contributed by atoms with E-state index in [1.54, 1.807) is 30.3 Å².